The summed E-state index contributed by atoms with van der Waals surface area (Å²) >= 11 is 0. The molecule has 6 rings (SSSR count). The van der Waals surface area contributed by atoms with E-state index in [2.05, 4.69) is 63.6 Å². The number of benzene rings is 2. The Balaban J connectivity index is 1.10. The Bertz CT molecular complexity index is 1710. The van der Waals surface area contributed by atoms with E-state index in [0.717, 1.165) is 60.5 Å². The van der Waals surface area contributed by atoms with Crippen LogP contribution in [0.4, 0.5) is 17.3 Å². The zero-order valence-electron chi connectivity index (χ0n) is 22.9. The number of piperazine rings is 1. The highest BCUT2D eigenvalue weighted by Gasteiger charge is 2.23. The summed E-state index contributed by atoms with van der Waals surface area (Å²) in [5.41, 5.74) is 6.57. The first-order valence-electron chi connectivity index (χ1n) is 13.5. The van der Waals surface area contributed by atoms with Crippen molar-refractivity contribution in [3.63, 3.8) is 0 Å². The Kier molecular flexibility index (Phi) is 7.21. The second kappa shape index (κ2) is 11.3. The number of anilines is 3. The number of carbonyl (C=O) groups excluding carboxylic acids is 2. The second-order valence-electron chi connectivity index (χ2n) is 10.3. The average molecular weight is 547 g/mol. The Hall–Kier alpha value is -4.97. The number of amides is 2. The van der Waals surface area contributed by atoms with E-state index in [9.17, 15) is 9.59 Å². The number of aryl methyl sites for hydroxylation is 1. The van der Waals surface area contributed by atoms with Crippen LogP contribution in [-0.2, 0) is 6.54 Å². The molecule has 0 saturated carbocycles. The number of hydrogen-bond acceptors (Lipinski definition) is 7. The average Bonchev–Trinajstić information content (AvgIpc) is 3.63. The van der Waals surface area contributed by atoms with Gasteiger partial charge in [-0.15, -0.1) is 0 Å². The Morgan fingerprint density at radius 2 is 1.78 bits per heavy atom. The largest absolute Gasteiger partial charge is 0.369 e. The number of pyridine rings is 1. The first-order chi connectivity index (χ1) is 19.9. The maximum absolute atomic E-state index is 13.1. The van der Waals surface area contributed by atoms with Crippen molar-refractivity contribution in [2.75, 3.05) is 41.7 Å². The van der Waals surface area contributed by atoms with Crippen LogP contribution in [0.3, 0.4) is 0 Å². The minimum absolute atomic E-state index is 0.00452. The molecule has 4 N–H and O–H groups in total. The fourth-order valence-electron chi connectivity index (χ4n) is 5.02. The van der Waals surface area contributed by atoms with Gasteiger partial charge in [0.25, 0.3) is 11.8 Å². The number of nitrogens with zero attached hydrogens (tertiary/aromatic N) is 5. The predicted octanol–water partition coefficient (Wildman–Crippen LogP) is 2.07. The van der Waals surface area contributed by atoms with Crippen LogP contribution >= 0.6 is 0 Å². The number of carbonyl (C=O) groups is 2. The van der Waals surface area contributed by atoms with Gasteiger partial charge in [0.1, 0.15) is 13.5 Å². The third-order valence-electron chi connectivity index (χ3n) is 7.31. The van der Waals surface area contributed by atoms with Gasteiger partial charge in [0.2, 0.25) is 5.95 Å². The topological polar surface area (TPSA) is 135 Å². The molecule has 4 heterocycles. The molecular weight excluding hydrogens is 517 g/mol. The summed E-state index contributed by atoms with van der Waals surface area (Å²) in [5.74, 6) is -0.696. The van der Waals surface area contributed by atoms with Crippen molar-refractivity contribution in [2.45, 2.75) is 13.5 Å². The van der Waals surface area contributed by atoms with Gasteiger partial charge in [-0.1, -0.05) is 17.6 Å². The molecule has 1 fully saturated rings. The smallest absolute Gasteiger partial charge is 0.276 e. The highest BCUT2D eigenvalue weighted by Crippen LogP contribution is 2.24. The van der Waals surface area contributed by atoms with Crippen molar-refractivity contribution < 1.29 is 9.59 Å². The van der Waals surface area contributed by atoms with Gasteiger partial charge in [0.05, 0.1) is 17.4 Å². The molecule has 0 aliphatic carbocycles. The van der Waals surface area contributed by atoms with Crippen LogP contribution < -0.4 is 21.0 Å². The number of imidazole rings is 2. The van der Waals surface area contributed by atoms with E-state index in [4.69, 9.17) is 0 Å². The summed E-state index contributed by atoms with van der Waals surface area (Å²) in [4.78, 5) is 49.5. The summed E-state index contributed by atoms with van der Waals surface area (Å²) < 4.78 is 0. The van der Waals surface area contributed by atoms with Crippen molar-refractivity contribution in [1.29, 1.82) is 0 Å². The number of rotatable bonds is 7. The van der Waals surface area contributed by atoms with Crippen molar-refractivity contribution in [2.24, 2.45) is 0 Å². The molecule has 0 bridgehead atoms. The summed E-state index contributed by atoms with van der Waals surface area (Å²) in [5, 5.41) is 5.61. The van der Waals surface area contributed by atoms with E-state index in [-0.39, 0.29) is 11.4 Å². The lowest BCUT2D eigenvalue weighted by Gasteiger charge is -2.36. The van der Waals surface area contributed by atoms with Crippen LogP contribution in [0.25, 0.3) is 11.0 Å². The first kappa shape index (κ1) is 26.3. The number of aromatic nitrogens is 5. The summed E-state index contributed by atoms with van der Waals surface area (Å²) in [6, 6.07) is 16.0. The normalized spacial score (nSPS) is 13.8. The third kappa shape index (κ3) is 5.82. The van der Waals surface area contributed by atoms with E-state index in [1.165, 1.54) is 11.9 Å². The Labute approximate surface area is 237 Å². The Morgan fingerprint density at radius 1 is 0.976 bits per heavy atom. The van der Waals surface area contributed by atoms with Crippen LogP contribution in [0.15, 0.2) is 67.3 Å². The summed E-state index contributed by atoms with van der Waals surface area (Å²) in [7, 11) is 1.95. The van der Waals surface area contributed by atoms with Crippen LogP contribution in [0, 0.1) is 6.92 Å². The lowest BCUT2D eigenvalue weighted by Crippen LogP contribution is -2.45. The molecular formula is C29H30BN9O2. The van der Waals surface area contributed by atoms with Gasteiger partial charge in [-0.3, -0.25) is 24.8 Å². The van der Waals surface area contributed by atoms with Gasteiger partial charge in [0, 0.05) is 56.5 Å². The molecule has 0 unspecified atom stereocenters. The number of fused-ring (bicyclic) bond motifs is 1. The monoisotopic (exact) mass is 547 g/mol. The van der Waals surface area contributed by atoms with Crippen LogP contribution in [0.5, 0.6) is 0 Å². The maximum Gasteiger partial charge on any atom is 0.276 e. The molecule has 2 aromatic carbocycles. The zero-order valence-corrected chi connectivity index (χ0v) is 22.9. The molecule has 206 valence electrons. The first-order valence-corrected chi connectivity index (χ1v) is 13.5. The van der Waals surface area contributed by atoms with Crippen molar-refractivity contribution in [3.8, 4) is 0 Å². The van der Waals surface area contributed by atoms with E-state index >= 15 is 0 Å². The van der Waals surface area contributed by atoms with Crippen LogP contribution in [0.2, 0.25) is 0 Å². The SMILES string of the molecule is Bc1ccc(C)c(NC(=O)c2nc[nH]c2C(=O)Nc2nc3cc(N4CCN(Cc5ccncc5)CC4)ccc3[nH]2)c1. The van der Waals surface area contributed by atoms with Gasteiger partial charge < -0.3 is 20.2 Å². The molecule has 0 spiro atoms. The number of hydrogen-bond donors (Lipinski definition) is 4. The quantitative estimate of drug-likeness (QED) is 0.229. The zero-order chi connectivity index (χ0) is 28.3. The molecule has 11 nitrogen and oxygen atoms in total. The summed E-state index contributed by atoms with van der Waals surface area (Å²) in [6.45, 7) is 6.58. The van der Waals surface area contributed by atoms with Crippen LogP contribution in [-0.4, -0.2) is 75.7 Å². The highest BCUT2D eigenvalue weighted by atomic mass is 16.2. The molecule has 5 aromatic rings. The van der Waals surface area contributed by atoms with Gasteiger partial charge in [-0.25, -0.2) is 9.97 Å². The molecule has 41 heavy (non-hydrogen) atoms. The molecule has 2 amide bonds. The third-order valence-corrected chi connectivity index (χ3v) is 7.31. The fourth-order valence-corrected chi connectivity index (χ4v) is 5.02. The van der Waals surface area contributed by atoms with Gasteiger partial charge in [-0.2, -0.15) is 0 Å². The summed E-state index contributed by atoms with van der Waals surface area (Å²) in [6.07, 6.45) is 4.99. The molecule has 0 atom stereocenters. The standard InChI is InChI=1S/C29H30BN9O2/c1-18-2-3-20(30)14-23(18)34-27(40)25-26(33-17-32-25)28(41)37-29-35-22-5-4-21(15-24(22)36-29)39-12-10-38(11-13-39)16-19-6-8-31-9-7-19/h2-9,14-15,17H,10-13,16,30H2,1H3,(H,32,33)(H,34,40)(H2,35,36,37,41). The van der Waals surface area contributed by atoms with E-state index in [1.54, 1.807) is 0 Å². The lowest BCUT2D eigenvalue weighted by molar-refractivity contribution is 0.0985. The van der Waals surface area contributed by atoms with E-state index in [1.807, 2.05) is 57.5 Å². The Morgan fingerprint density at radius 3 is 2.59 bits per heavy atom. The second-order valence-corrected chi connectivity index (χ2v) is 10.3. The fraction of sp³-hybridized carbons (Fsp3) is 0.207. The molecule has 1 saturated heterocycles. The van der Waals surface area contributed by atoms with Crippen molar-refractivity contribution in [3.05, 3.63) is 89.8 Å². The number of nitrogens with one attached hydrogen (secondary N) is 4. The minimum Gasteiger partial charge on any atom is -0.369 e. The maximum atomic E-state index is 13.1. The molecule has 1 aliphatic heterocycles. The van der Waals surface area contributed by atoms with Gasteiger partial charge in [-0.05, 0) is 54.4 Å². The molecule has 1 aliphatic rings. The minimum atomic E-state index is -0.516. The van der Waals surface area contributed by atoms with Crippen molar-refractivity contribution >= 4 is 53.5 Å². The molecule has 12 heteroatoms. The molecule has 3 aromatic heterocycles. The molecule has 0 radical (unpaired) electrons. The van der Waals surface area contributed by atoms with Crippen molar-refractivity contribution in [1.82, 2.24) is 29.8 Å². The van der Waals surface area contributed by atoms with E-state index in [0.29, 0.717) is 11.6 Å². The highest BCUT2D eigenvalue weighted by molar-refractivity contribution is 6.32. The van der Waals surface area contributed by atoms with Crippen LogP contribution in [0.1, 0.15) is 32.1 Å². The van der Waals surface area contributed by atoms with Gasteiger partial charge in [0.15, 0.2) is 5.69 Å². The number of aromatic amines is 2. The van der Waals surface area contributed by atoms with E-state index < -0.39 is 11.8 Å². The number of H-pyrrole nitrogens is 2. The van der Waals surface area contributed by atoms with Gasteiger partial charge >= 0.3 is 0 Å². The predicted molar refractivity (Wildman–Crippen MR) is 162 cm³/mol. The lowest BCUT2D eigenvalue weighted by atomic mass is 9.94.